The first kappa shape index (κ1) is 23.7. The molecule has 3 aromatic carbocycles. The minimum Gasteiger partial charge on any atom is -0.452 e. The first-order valence-corrected chi connectivity index (χ1v) is 13.6. The van der Waals surface area contributed by atoms with Crippen molar-refractivity contribution in [2.45, 2.75) is 26.8 Å². The van der Waals surface area contributed by atoms with Crippen LogP contribution in [0.25, 0.3) is 5.69 Å². The van der Waals surface area contributed by atoms with Gasteiger partial charge in [-0.3, -0.25) is 0 Å². The number of amidine groups is 2. The molecule has 0 radical (unpaired) electrons. The first-order chi connectivity index (χ1) is 19.0. The van der Waals surface area contributed by atoms with E-state index in [2.05, 4.69) is 70.3 Å². The molecule has 1 atom stereocenters. The summed E-state index contributed by atoms with van der Waals surface area (Å²) in [5.74, 6) is 2.92. The average Bonchev–Trinajstić information content (AvgIpc) is 3.52. The van der Waals surface area contributed by atoms with Crippen LogP contribution >= 0.6 is 15.9 Å². The summed E-state index contributed by atoms with van der Waals surface area (Å²) < 4.78 is 8.80. The van der Waals surface area contributed by atoms with Gasteiger partial charge in [-0.25, -0.2) is 14.7 Å². The van der Waals surface area contributed by atoms with E-state index in [1.807, 2.05) is 66.2 Å². The maximum atomic E-state index is 6.22. The molecule has 0 bridgehead atoms. The number of aromatic nitrogens is 2. The molecule has 0 fully saturated rings. The van der Waals surface area contributed by atoms with Crippen LogP contribution in [0.4, 0.5) is 22.9 Å². The van der Waals surface area contributed by atoms with Gasteiger partial charge in [-0.1, -0.05) is 48.0 Å². The van der Waals surface area contributed by atoms with Gasteiger partial charge in [0.2, 0.25) is 0 Å². The molecule has 0 spiro atoms. The Morgan fingerprint density at radius 2 is 1.72 bits per heavy atom. The van der Waals surface area contributed by atoms with Crippen LogP contribution in [0, 0.1) is 20.8 Å². The summed E-state index contributed by atoms with van der Waals surface area (Å²) in [6.45, 7) is 6.20. The van der Waals surface area contributed by atoms with E-state index in [1.165, 1.54) is 5.56 Å². The minimum atomic E-state index is -0.302. The molecule has 2 aliphatic heterocycles. The van der Waals surface area contributed by atoms with Crippen LogP contribution in [-0.2, 0) is 0 Å². The number of hydrogen-bond acceptors (Lipinski definition) is 5. The Balaban J connectivity index is 1.53. The molecule has 8 heteroatoms. The summed E-state index contributed by atoms with van der Waals surface area (Å²) in [5, 5.41) is 8.53. The number of nitrogens with one attached hydrogen (secondary N) is 1. The van der Waals surface area contributed by atoms with Crippen LogP contribution in [0.15, 0.2) is 104 Å². The third-order valence-electron chi connectivity index (χ3n) is 7.13. The molecule has 0 amide bonds. The summed E-state index contributed by atoms with van der Waals surface area (Å²) in [5.41, 5.74) is 7.95. The number of rotatable bonds is 3. The van der Waals surface area contributed by atoms with Crippen LogP contribution in [0.2, 0.25) is 0 Å². The van der Waals surface area contributed by atoms with Crippen molar-refractivity contribution < 1.29 is 4.42 Å². The lowest BCUT2D eigenvalue weighted by atomic mass is 9.97. The molecule has 7 rings (SSSR count). The van der Waals surface area contributed by atoms with Crippen molar-refractivity contribution in [3.05, 3.63) is 118 Å². The lowest BCUT2D eigenvalue weighted by Crippen LogP contribution is -2.48. The largest absolute Gasteiger partial charge is 0.452 e. The van der Waals surface area contributed by atoms with Gasteiger partial charge in [0.05, 0.1) is 34.0 Å². The summed E-state index contributed by atoms with van der Waals surface area (Å²) >= 11 is 3.52. The molecule has 2 aliphatic rings. The van der Waals surface area contributed by atoms with Crippen LogP contribution in [0.5, 0.6) is 0 Å². The van der Waals surface area contributed by atoms with E-state index >= 15 is 0 Å². The van der Waals surface area contributed by atoms with Gasteiger partial charge in [0, 0.05) is 0 Å². The third kappa shape index (κ3) is 3.90. The SMILES string of the molecule is Cc1ccc(N=C2Nc3ccccc3N3C2=Nc2c(c(C)nn2-c2ccccc2)C3c2ccc(Br)o2)c(C)c1. The Bertz CT molecular complexity index is 1800. The van der Waals surface area contributed by atoms with Crippen LogP contribution in [-0.4, -0.2) is 21.5 Å². The number of para-hydroxylation sites is 3. The second-order valence-electron chi connectivity index (χ2n) is 9.81. The fourth-order valence-electron chi connectivity index (χ4n) is 5.38. The zero-order chi connectivity index (χ0) is 26.7. The predicted molar refractivity (Wildman–Crippen MR) is 159 cm³/mol. The molecule has 0 saturated heterocycles. The zero-order valence-corrected chi connectivity index (χ0v) is 23.3. The van der Waals surface area contributed by atoms with Gasteiger partial charge in [0.25, 0.3) is 0 Å². The van der Waals surface area contributed by atoms with Gasteiger partial charge in [-0.2, -0.15) is 5.10 Å². The predicted octanol–water partition coefficient (Wildman–Crippen LogP) is 7.95. The highest BCUT2D eigenvalue weighted by Gasteiger charge is 2.43. The molecule has 39 heavy (non-hydrogen) atoms. The van der Waals surface area contributed by atoms with E-state index in [4.69, 9.17) is 19.5 Å². The van der Waals surface area contributed by atoms with Gasteiger partial charge < -0.3 is 14.6 Å². The Kier molecular flexibility index (Phi) is 5.52. The molecule has 1 unspecified atom stereocenters. The number of furan rings is 1. The summed E-state index contributed by atoms with van der Waals surface area (Å²) in [6.07, 6.45) is 0. The molecule has 5 aromatic rings. The van der Waals surface area contributed by atoms with Crippen LogP contribution < -0.4 is 10.2 Å². The van der Waals surface area contributed by atoms with Crippen LogP contribution in [0.1, 0.15) is 34.2 Å². The quantitative estimate of drug-likeness (QED) is 0.236. The maximum absolute atomic E-state index is 6.22. The highest BCUT2D eigenvalue weighted by Crippen LogP contribution is 2.48. The number of anilines is 2. The lowest BCUT2D eigenvalue weighted by molar-refractivity contribution is 0.468. The highest BCUT2D eigenvalue weighted by molar-refractivity contribution is 9.10. The van der Waals surface area contributed by atoms with E-state index < -0.39 is 0 Å². The van der Waals surface area contributed by atoms with Crippen molar-refractivity contribution in [3.63, 3.8) is 0 Å². The summed E-state index contributed by atoms with van der Waals surface area (Å²) in [7, 11) is 0. The standard InChI is InChI=1S/C31H25BrN6O/c1-18-13-14-22(19(2)17-18)33-29-31-35-30-27(20(3)36-38(30)21-9-5-4-6-10-21)28(25-15-16-26(32)39-25)37(31)24-12-8-7-11-23(24)34-29/h4-17,28H,1-3H3,(H,33,34). The van der Waals surface area contributed by atoms with Gasteiger partial charge in [0.15, 0.2) is 22.2 Å². The minimum absolute atomic E-state index is 0.302. The average molecular weight is 577 g/mol. The molecule has 0 aliphatic carbocycles. The topological polar surface area (TPSA) is 71.0 Å². The summed E-state index contributed by atoms with van der Waals surface area (Å²) in [4.78, 5) is 12.6. The van der Waals surface area contributed by atoms with E-state index in [-0.39, 0.29) is 6.04 Å². The normalized spacial score (nSPS) is 16.8. The number of hydrogen-bond donors (Lipinski definition) is 1. The molecule has 4 heterocycles. The maximum Gasteiger partial charge on any atom is 0.179 e. The number of aliphatic imine (C=N–C) groups is 2. The number of halogens is 1. The number of nitrogens with zero attached hydrogens (tertiary/aromatic N) is 5. The van der Waals surface area contributed by atoms with Crippen molar-refractivity contribution in [3.8, 4) is 5.69 Å². The van der Waals surface area contributed by atoms with E-state index in [1.54, 1.807) is 0 Å². The van der Waals surface area contributed by atoms with Crippen molar-refractivity contribution in [2.75, 3.05) is 10.2 Å². The fourth-order valence-corrected chi connectivity index (χ4v) is 5.70. The van der Waals surface area contributed by atoms with Gasteiger partial charge in [-0.15, -0.1) is 0 Å². The smallest absolute Gasteiger partial charge is 0.179 e. The van der Waals surface area contributed by atoms with Gasteiger partial charge in [-0.05, 0) is 84.7 Å². The van der Waals surface area contributed by atoms with E-state index in [9.17, 15) is 0 Å². The fraction of sp³-hybridized carbons (Fsp3) is 0.129. The van der Waals surface area contributed by atoms with Crippen molar-refractivity contribution in [1.29, 1.82) is 0 Å². The molecule has 1 N–H and O–H groups in total. The van der Waals surface area contributed by atoms with Gasteiger partial charge >= 0.3 is 0 Å². The number of benzene rings is 3. The Hall–Kier alpha value is -4.43. The molecular formula is C31H25BrN6O. The Labute approximate surface area is 234 Å². The van der Waals surface area contributed by atoms with Crippen molar-refractivity contribution in [1.82, 2.24) is 9.78 Å². The Morgan fingerprint density at radius 1 is 0.923 bits per heavy atom. The van der Waals surface area contributed by atoms with E-state index in [0.29, 0.717) is 16.3 Å². The Morgan fingerprint density at radius 3 is 2.49 bits per heavy atom. The monoisotopic (exact) mass is 576 g/mol. The van der Waals surface area contributed by atoms with E-state index in [0.717, 1.165) is 51.1 Å². The zero-order valence-electron chi connectivity index (χ0n) is 21.7. The molecular weight excluding hydrogens is 552 g/mol. The molecule has 2 aromatic heterocycles. The van der Waals surface area contributed by atoms with Gasteiger partial charge in [0.1, 0.15) is 11.8 Å². The molecule has 7 nitrogen and oxygen atoms in total. The third-order valence-corrected chi connectivity index (χ3v) is 7.56. The van der Waals surface area contributed by atoms with Crippen molar-refractivity contribution >= 4 is 50.5 Å². The molecule has 192 valence electrons. The number of aryl methyl sites for hydroxylation is 3. The van der Waals surface area contributed by atoms with Crippen molar-refractivity contribution in [2.24, 2.45) is 9.98 Å². The second-order valence-corrected chi connectivity index (χ2v) is 10.6. The summed E-state index contributed by atoms with van der Waals surface area (Å²) in [6, 6.07) is 28.2. The second kappa shape index (κ2) is 9.10. The van der Waals surface area contributed by atoms with Crippen LogP contribution in [0.3, 0.4) is 0 Å². The first-order valence-electron chi connectivity index (χ1n) is 12.8. The highest BCUT2D eigenvalue weighted by atomic mass is 79.9. The lowest BCUT2D eigenvalue weighted by Gasteiger charge is -2.40. The molecule has 0 saturated carbocycles. The number of fused-ring (bicyclic) bond motifs is 4.